The molecule has 1 amide bonds. The van der Waals surface area contributed by atoms with E-state index in [2.05, 4.69) is 20.1 Å². The first-order chi connectivity index (χ1) is 16.3. The van der Waals surface area contributed by atoms with E-state index in [1.165, 1.54) is 18.3 Å². The maximum atomic E-state index is 12.8. The molecule has 1 aliphatic carbocycles. The van der Waals surface area contributed by atoms with Gasteiger partial charge in [-0.25, -0.2) is 0 Å². The van der Waals surface area contributed by atoms with Crippen molar-refractivity contribution in [2.45, 2.75) is 32.2 Å². The summed E-state index contributed by atoms with van der Waals surface area (Å²) in [4.78, 5) is 16.6. The highest BCUT2D eigenvalue weighted by Gasteiger charge is 2.33. The average molecular weight is 471 g/mol. The maximum Gasteiger partial charge on any atom is 0.573 e. The van der Waals surface area contributed by atoms with Crippen molar-refractivity contribution < 1.29 is 27.4 Å². The second-order valence-corrected chi connectivity index (χ2v) is 7.86. The number of carbonyl (C=O) groups is 1. The number of nitrogens with zero attached hydrogens (tertiary/aromatic N) is 4. The molecule has 3 aromatic rings. The minimum atomic E-state index is -4.88. The van der Waals surface area contributed by atoms with E-state index in [1.54, 1.807) is 29.1 Å². The number of rotatable bonds is 9. The summed E-state index contributed by atoms with van der Waals surface area (Å²) >= 11 is 0. The van der Waals surface area contributed by atoms with E-state index in [0.717, 1.165) is 18.9 Å². The Labute approximate surface area is 192 Å². The van der Waals surface area contributed by atoms with Crippen LogP contribution in [0.5, 0.6) is 11.5 Å². The molecule has 0 bridgehead atoms. The Morgan fingerprint density at radius 3 is 2.71 bits per heavy atom. The van der Waals surface area contributed by atoms with E-state index in [9.17, 15) is 18.0 Å². The summed E-state index contributed by atoms with van der Waals surface area (Å²) in [5.41, 5.74) is 1.46. The minimum Gasteiger partial charge on any atom is -0.489 e. The standard InChI is InChI=1S/C23H20F3N5O3/c24-23(25,26)34-20-9-16(4-6-19(20)33-14-15-1-2-15)10-22(32)29-21-7-8-31(30-21)13-18-5-3-17(11-27)12-28-18/h3-9,12,15H,1-2,10,13-14H2,(H,29,30,32). The monoisotopic (exact) mass is 471 g/mol. The van der Waals surface area contributed by atoms with Crippen LogP contribution in [-0.2, 0) is 17.8 Å². The smallest absolute Gasteiger partial charge is 0.489 e. The summed E-state index contributed by atoms with van der Waals surface area (Å²) in [6, 6.07) is 11.0. The van der Waals surface area contributed by atoms with Crippen molar-refractivity contribution in [1.29, 1.82) is 5.26 Å². The Bertz CT molecular complexity index is 1200. The molecule has 1 aromatic carbocycles. The summed E-state index contributed by atoms with van der Waals surface area (Å²) < 4.78 is 49.6. The highest BCUT2D eigenvalue weighted by atomic mass is 19.4. The van der Waals surface area contributed by atoms with Crippen LogP contribution in [0, 0.1) is 17.2 Å². The fourth-order valence-corrected chi connectivity index (χ4v) is 3.12. The molecule has 2 aromatic heterocycles. The van der Waals surface area contributed by atoms with Crippen LogP contribution < -0.4 is 14.8 Å². The van der Waals surface area contributed by atoms with E-state index in [-0.39, 0.29) is 18.0 Å². The number of pyridine rings is 1. The average Bonchev–Trinajstić information content (AvgIpc) is 3.51. The number of alkyl halides is 3. The van der Waals surface area contributed by atoms with Crippen LogP contribution in [0.4, 0.5) is 19.0 Å². The molecule has 0 spiro atoms. The molecule has 0 unspecified atom stereocenters. The predicted molar refractivity (Wildman–Crippen MR) is 114 cm³/mol. The third kappa shape index (κ3) is 6.71. The number of nitrogens with one attached hydrogen (secondary N) is 1. The van der Waals surface area contributed by atoms with Gasteiger partial charge in [-0.1, -0.05) is 6.07 Å². The van der Waals surface area contributed by atoms with Gasteiger partial charge in [0, 0.05) is 18.5 Å². The van der Waals surface area contributed by atoms with Crippen LogP contribution in [-0.4, -0.2) is 33.6 Å². The second kappa shape index (κ2) is 9.82. The Morgan fingerprint density at radius 1 is 1.21 bits per heavy atom. The Balaban J connectivity index is 1.37. The minimum absolute atomic E-state index is 0.0106. The van der Waals surface area contributed by atoms with E-state index in [4.69, 9.17) is 10.00 Å². The highest BCUT2D eigenvalue weighted by Crippen LogP contribution is 2.36. The number of benzene rings is 1. The summed E-state index contributed by atoms with van der Waals surface area (Å²) in [6.45, 7) is 0.663. The van der Waals surface area contributed by atoms with Gasteiger partial charge in [-0.3, -0.25) is 14.5 Å². The Kier molecular flexibility index (Phi) is 6.67. The predicted octanol–water partition coefficient (Wildman–Crippen LogP) is 4.07. The van der Waals surface area contributed by atoms with Gasteiger partial charge in [0.05, 0.1) is 30.8 Å². The highest BCUT2D eigenvalue weighted by molar-refractivity contribution is 5.91. The van der Waals surface area contributed by atoms with Crippen LogP contribution in [0.2, 0.25) is 0 Å². The molecule has 1 fully saturated rings. The summed E-state index contributed by atoms with van der Waals surface area (Å²) in [5.74, 6) is -0.293. The van der Waals surface area contributed by atoms with Gasteiger partial charge in [0.25, 0.3) is 0 Å². The van der Waals surface area contributed by atoms with Crippen molar-refractivity contribution in [2.75, 3.05) is 11.9 Å². The first-order valence-electron chi connectivity index (χ1n) is 10.5. The number of ether oxygens (including phenoxy) is 2. The van der Waals surface area contributed by atoms with Crippen LogP contribution >= 0.6 is 0 Å². The first-order valence-corrected chi connectivity index (χ1v) is 10.5. The van der Waals surface area contributed by atoms with E-state index in [0.29, 0.717) is 35.9 Å². The lowest BCUT2D eigenvalue weighted by Gasteiger charge is -2.15. The molecule has 1 saturated carbocycles. The molecule has 1 N–H and O–H groups in total. The quantitative estimate of drug-likeness (QED) is 0.505. The number of nitriles is 1. The molecule has 0 atom stereocenters. The number of carbonyl (C=O) groups excluding carboxylic acids is 1. The van der Waals surface area contributed by atoms with Crippen molar-refractivity contribution in [3.8, 4) is 17.6 Å². The number of amides is 1. The normalized spacial score (nSPS) is 13.2. The number of hydrogen-bond acceptors (Lipinski definition) is 6. The van der Waals surface area contributed by atoms with E-state index < -0.39 is 18.0 Å². The van der Waals surface area contributed by atoms with Crippen molar-refractivity contribution in [1.82, 2.24) is 14.8 Å². The van der Waals surface area contributed by atoms with Gasteiger partial charge < -0.3 is 14.8 Å². The molecular formula is C23H20F3N5O3. The molecule has 2 heterocycles. The zero-order chi connectivity index (χ0) is 24.1. The largest absolute Gasteiger partial charge is 0.573 e. The van der Waals surface area contributed by atoms with E-state index in [1.807, 2.05) is 6.07 Å². The molecular weight excluding hydrogens is 451 g/mol. The van der Waals surface area contributed by atoms with Gasteiger partial charge in [0.2, 0.25) is 5.91 Å². The Hall–Kier alpha value is -4.07. The lowest BCUT2D eigenvalue weighted by atomic mass is 10.1. The molecule has 4 rings (SSSR count). The van der Waals surface area contributed by atoms with Gasteiger partial charge in [-0.05, 0) is 48.6 Å². The molecule has 1 aliphatic rings. The van der Waals surface area contributed by atoms with E-state index >= 15 is 0 Å². The zero-order valence-corrected chi connectivity index (χ0v) is 17.9. The third-order valence-corrected chi connectivity index (χ3v) is 4.96. The van der Waals surface area contributed by atoms with Crippen molar-refractivity contribution >= 4 is 11.7 Å². The van der Waals surface area contributed by atoms with Gasteiger partial charge in [-0.15, -0.1) is 13.2 Å². The first kappa shape index (κ1) is 23.1. The molecule has 0 saturated heterocycles. The lowest BCUT2D eigenvalue weighted by Crippen LogP contribution is -2.19. The van der Waals surface area contributed by atoms with Crippen molar-refractivity contribution in [2.24, 2.45) is 5.92 Å². The number of anilines is 1. The van der Waals surface area contributed by atoms with Gasteiger partial charge in [0.15, 0.2) is 17.3 Å². The summed E-state index contributed by atoms with van der Waals surface area (Å²) in [5, 5.41) is 15.7. The van der Waals surface area contributed by atoms with Crippen LogP contribution in [0.15, 0.2) is 48.8 Å². The fourth-order valence-electron chi connectivity index (χ4n) is 3.12. The molecule has 34 heavy (non-hydrogen) atoms. The molecule has 0 aliphatic heterocycles. The molecule has 11 heteroatoms. The number of halogens is 3. The summed E-state index contributed by atoms with van der Waals surface area (Å²) in [6.07, 6.45) is 0.0363. The molecule has 0 radical (unpaired) electrons. The zero-order valence-electron chi connectivity index (χ0n) is 17.9. The third-order valence-electron chi connectivity index (χ3n) is 4.96. The Morgan fingerprint density at radius 2 is 2.03 bits per heavy atom. The number of hydrogen-bond donors (Lipinski definition) is 1. The molecule has 176 valence electrons. The van der Waals surface area contributed by atoms with Gasteiger partial charge >= 0.3 is 6.36 Å². The van der Waals surface area contributed by atoms with Crippen molar-refractivity contribution in [3.63, 3.8) is 0 Å². The molecule has 8 nitrogen and oxygen atoms in total. The fraction of sp³-hybridized carbons (Fsp3) is 0.304. The number of aromatic nitrogens is 3. The van der Waals surface area contributed by atoms with Crippen LogP contribution in [0.1, 0.15) is 29.7 Å². The SMILES string of the molecule is N#Cc1ccc(Cn2ccc(NC(=O)Cc3ccc(OCC4CC4)c(OC(F)(F)F)c3)n2)nc1. The van der Waals surface area contributed by atoms with Crippen LogP contribution in [0.25, 0.3) is 0 Å². The summed E-state index contributed by atoms with van der Waals surface area (Å²) in [7, 11) is 0. The van der Waals surface area contributed by atoms with Gasteiger partial charge in [0.1, 0.15) is 6.07 Å². The van der Waals surface area contributed by atoms with Crippen LogP contribution in [0.3, 0.4) is 0 Å². The second-order valence-electron chi connectivity index (χ2n) is 7.86. The lowest BCUT2D eigenvalue weighted by molar-refractivity contribution is -0.275. The van der Waals surface area contributed by atoms with Gasteiger partial charge in [-0.2, -0.15) is 10.4 Å². The van der Waals surface area contributed by atoms with Crippen molar-refractivity contribution in [3.05, 3.63) is 65.6 Å². The maximum absolute atomic E-state index is 12.8. The topological polar surface area (TPSA) is 102 Å².